The molecule has 49 heavy (non-hydrogen) atoms. The van der Waals surface area contributed by atoms with Gasteiger partial charge in [-0.2, -0.15) is 0 Å². The van der Waals surface area contributed by atoms with Crippen molar-refractivity contribution >= 4 is 29.2 Å². The summed E-state index contributed by atoms with van der Waals surface area (Å²) in [6.45, 7) is 4.45. The van der Waals surface area contributed by atoms with E-state index in [4.69, 9.17) is 46.8 Å². The van der Waals surface area contributed by atoms with Gasteiger partial charge in [-0.1, -0.05) is 23.7 Å². The molecule has 0 aliphatic carbocycles. The maximum Gasteiger partial charge on any atom is 0.253 e. The van der Waals surface area contributed by atoms with E-state index < -0.39 is 41.9 Å². The van der Waals surface area contributed by atoms with Crippen LogP contribution in [0.15, 0.2) is 42.6 Å². The molecule has 0 aliphatic heterocycles. The van der Waals surface area contributed by atoms with Crippen LogP contribution in [0.5, 0.6) is 0 Å². The smallest absolute Gasteiger partial charge is 0.253 e. The second-order valence-corrected chi connectivity index (χ2v) is 11.3. The van der Waals surface area contributed by atoms with Gasteiger partial charge in [-0.25, -0.2) is 8.78 Å². The summed E-state index contributed by atoms with van der Waals surface area (Å²) in [5, 5.41) is 3.11. The van der Waals surface area contributed by atoms with E-state index >= 15 is 4.39 Å². The van der Waals surface area contributed by atoms with Crippen LogP contribution in [0.1, 0.15) is 44.4 Å². The standard InChI is InChI=1S/C34H43ClF2N4O8/c1-22-26(36)6-7-27(37)31(22)32-25(34(44)40-28(19-30(39)43)23-4-3-5-24(35)18-23)20-41(2)33(32)29(42)21-49-17-16-48-15-14-47-13-12-46-11-10-45-9-8-38/h3-7,18,20,28H,8-17,19,21,38H2,1-2H3,(H2,39,43)(H,40,44). The molecule has 0 bridgehead atoms. The van der Waals surface area contributed by atoms with Gasteiger partial charge in [0.1, 0.15) is 18.2 Å². The van der Waals surface area contributed by atoms with E-state index in [0.717, 1.165) is 12.1 Å². The highest BCUT2D eigenvalue weighted by Crippen LogP contribution is 2.36. The Labute approximate surface area is 288 Å². The number of nitrogens with two attached hydrogens (primary N) is 2. The maximum absolute atomic E-state index is 15.4. The van der Waals surface area contributed by atoms with Crippen LogP contribution < -0.4 is 16.8 Å². The van der Waals surface area contributed by atoms with Gasteiger partial charge in [-0.05, 0) is 42.3 Å². The van der Waals surface area contributed by atoms with Gasteiger partial charge in [0.2, 0.25) is 11.7 Å². The summed E-state index contributed by atoms with van der Waals surface area (Å²) in [6, 6.07) is 7.49. The Bertz CT molecular complexity index is 1550. The van der Waals surface area contributed by atoms with Crippen molar-refractivity contribution in [2.24, 2.45) is 18.5 Å². The maximum atomic E-state index is 15.4. The molecule has 3 rings (SSSR count). The number of nitrogens with zero attached hydrogens (tertiary/aromatic N) is 1. The number of rotatable bonds is 23. The molecule has 0 aliphatic rings. The molecule has 0 spiro atoms. The minimum Gasteiger partial charge on any atom is -0.378 e. The minimum atomic E-state index is -0.900. The number of carbonyl (C=O) groups excluding carboxylic acids is 3. The van der Waals surface area contributed by atoms with Crippen molar-refractivity contribution in [1.82, 2.24) is 9.88 Å². The lowest BCUT2D eigenvalue weighted by Gasteiger charge is -2.19. The third-order valence-electron chi connectivity index (χ3n) is 7.23. The van der Waals surface area contributed by atoms with E-state index in [0.29, 0.717) is 63.4 Å². The molecule has 1 heterocycles. The Balaban J connectivity index is 1.67. The molecule has 1 aromatic heterocycles. The Morgan fingerprint density at radius 3 is 2.00 bits per heavy atom. The van der Waals surface area contributed by atoms with Crippen LogP contribution in [-0.4, -0.2) is 94.8 Å². The number of carbonyl (C=O) groups is 3. The number of Topliss-reactive ketones (excluding diaryl/α,β-unsaturated/α-hetero) is 1. The van der Waals surface area contributed by atoms with Crippen molar-refractivity contribution < 1.29 is 46.8 Å². The first-order valence-electron chi connectivity index (χ1n) is 15.7. The van der Waals surface area contributed by atoms with E-state index in [1.165, 1.54) is 24.7 Å². The summed E-state index contributed by atoms with van der Waals surface area (Å²) in [4.78, 5) is 39.2. The molecule has 1 atom stereocenters. The first kappa shape index (κ1) is 39.7. The largest absolute Gasteiger partial charge is 0.378 e. The molecular weight excluding hydrogens is 666 g/mol. The SMILES string of the molecule is Cc1c(F)ccc(F)c1-c1c(C(=O)NC(CC(N)=O)c2cccc(Cl)c2)cn(C)c1C(=O)COCCOCCOCCOCCOCCN. The molecule has 0 saturated carbocycles. The number of primary amides is 1. The molecule has 2 aromatic carbocycles. The number of hydrogen-bond acceptors (Lipinski definition) is 9. The highest BCUT2D eigenvalue weighted by molar-refractivity contribution is 6.30. The number of nitrogens with one attached hydrogen (secondary N) is 1. The van der Waals surface area contributed by atoms with Gasteiger partial charge in [-0.15, -0.1) is 0 Å². The van der Waals surface area contributed by atoms with E-state index in [9.17, 15) is 18.8 Å². The molecule has 2 amide bonds. The number of ether oxygens (including phenoxy) is 5. The number of benzene rings is 2. The zero-order valence-corrected chi connectivity index (χ0v) is 28.4. The number of hydrogen-bond donors (Lipinski definition) is 3. The first-order chi connectivity index (χ1) is 23.5. The summed E-state index contributed by atoms with van der Waals surface area (Å²) >= 11 is 6.13. The molecule has 0 saturated heterocycles. The number of amides is 2. The zero-order valence-electron chi connectivity index (χ0n) is 27.6. The fourth-order valence-corrected chi connectivity index (χ4v) is 5.16. The topological polar surface area (TPSA) is 166 Å². The third kappa shape index (κ3) is 12.3. The van der Waals surface area contributed by atoms with Crippen LogP contribution in [-0.2, 0) is 35.5 Å². The van der Waals surface area contributed by atoms with Gasteiger partial charge >= 0.3 is 0 Å². The van der Waals surface area contributed by atoms with Gasteiger partial charge in [0.15, 0.2) is 0 Å². The van der Waals surface area contributed by atoms with E-state index in [1.807, 2.05) is 0 Å². The van der Waals surface area contributed by atoms with E-state index in [1.54, 1.807) is 24.3 Å². The lowest BCUT2D eigenvalue weighted by molar-refractivity contribution is -0.118. The second-order valence-electron chi connectivity index (χ2n) is 10.9. The Morgan fingerprint density at radius 1 is 0.857 bits per heavy atom. The van der Waals surface area contributed by atoms with Crippen LogP contribution in [0, 0.1) is 18.6 Å². The lowest BCUT2D eigenvalue weighted by atomic mass is 9.94. The summed E-state index contributed by atoms with van der Waals surface area (Å²) in [7, 11) is 1.50. The molecule has 5 N–H and O–H groups in total. The van der Waals surface area contributed by atoms with Gasteiger partial charge in [-0.3, -0.25) is 14.4 Å². The van der Waals surface area contributed by atoms with Crippen molar-refractivity contribution in [2.75, 3.05) is 72.6 Å². The van der Waals surface area contributed by atoms with Crippen LogP contribution in [0.4, 0.5) is 8.78 Å². The predicted octanol–water partition coefficient (Wildman–Crippen LogP) is 3.50. The minimum absolute atomic E-state index is 0.0620. The number of halogens is 3. The highest BCUT2D eigenvalue weighted by Gasteiger charge is 2.30. The van der Waals surface area contributed by atoms with Crippen molar-refractivity contribution in [3.63, 3.8) is 0 Å². The Morgan fingerprint density at radius 2 is 1.43 bits per heavy atom. The van der Waals surface area contributed by atoms with Gasteiger partial charge < -0.3 is 45.0 Å². The van der Waals surface area contributed by atoms with Crippen molar-refractivity contribution in [1.29, 1.82) is 0 Å². The lowest BCUT2D eigenvalue weighted by Crippen LogP contribution is -2.32. The number of aryl methyl sites for hydroxylation is 1. The molecule has 3 aromatic rings. The fourth-order valence-electron chi connectivity index (χ4n) is 4.96. The average Bonchev–Trinajstić information content (AvgIpc) is 3.40. The molecule has 0 fully saturated rings. The normalized spacial score (nSPS) is 11.9. The average molecular weight is 709 g/mol. The molecular formula is C34H43ClF2N4O8. The highest BCUT2D eigenvalue weighted by atomic mass is 35.5. The van der Waals surface area contributed by atoms with E-state index in [2.05, 4.69) is 5.32 Å². The Hall–Kier alpha value is -3.76. The van der Waals surface area contributed by atoms with Crippen LogP contribution in [0.25, 0.3) is 11.1 Å². The first-order valence-corrected chi connectivity index (χ1v) is 16.0. The third-order valence-corrected chi connectivity index (χ3v) is 7.47. The van der Waals surface area contributed by atoms with E-state index in [-0.39, 0.29) is 47.6 Å². The molecule has 12 nitrogen and oxygen atoms in total. The number of ketones is 1. The summed E-state index contributed by atoms with van der Waals surface area (Å²) in [5.74, 6) is -3.59. The monoisotopic (exact) mass is 708 g/mol. The summed E-state index contributed by atoms with van der Waals surface area (Å²) in [6.07, 6.45) is 1.07. The van der Waals surface area contributed by atoms with Crippen LogP contribution in [0.2, 0.25) is 5.02 Å². The van der Waals surface area contributed by atoms with Crippen LogP contribution >= 0.6 is 11.6 Å². The van der Waals surface area contributed by atoms with Crippen molar-refractivity contribution in [3.05, 3.63) is 81.6 Å². The zero-order chi connectivity index (χ0) is 35.8. The fraction of sp³-hybridized carbons (Fsp3) is 0.441. The molecule has 15 heteroatoms. The molecule has 1 unspecified atom stereocenters. The van der Waals surface area contributed by atoms with Gasteiger partial charge in [0.25, 0.3) is 5.91 Å². The quantitative estimate of drug-likeness (QED) is 0.0987. The molecule has 268 valence electrons. The predicted molar refractivity (Wildman–Crippen MR) is 178 cm³/mol. The summed E-state index contributed by atoms with van der Waals surface area (Å²) < 4.78 is 58.5. The molecule has 0 radical (unpaired) electrons. The number of aromatic nitrogens is 1. The van der Waals surface area contributed by atoms with Crippen molar-refractivity contribution in [2.45, 2.75) is 19.4 Å². The van der Waals surface area contributed by atoms with Gasteiger partial charge in [0, 0.05) is 35.9 Å². The van der Waals surface area contributed by atoms with Crippen LogP contribution in [0.3, 0.4) is 0 Å². The van der Waals surface area contributed by atoms with Gasteiger partial charge in [0.05, 0.1) is 83.2 Å². The Kier molecular flexibility index (Phi) is 16.7. The summed E-state index contributed by atoms with van der Waals surface area (Å²) in [5.41, 5.74) is 10.6. The second kappa shape index (κ2) is 20.7. The van der Waals surface area contributed by atoms with Crippen molar-refractivity contribution in [3.8, 4) is 11.1 Å².